The molecule has 7 heteroatoms. The highest BCUT2D eigenvalue weighted by Crippen LogP contribution is 2.29. The summed E-state index contributed by atoms with van der Waals surface area (Å²) in [6, 6.07) is 0.265. The van der Waals surface area contributed by atoms with Crippen molar-refractivity contribution >= 4 is 28.2 Å². The number of hydrogen-bond acceptors (Lipinski definition) is 6. The van der Waals surface area contributed by atoms with Crippen LogP contribution < -0.4 is 21.7 Å². The van der Waals surface area contributed by atoms with E-state index in [0.717, 1.165) is 31.1 Å². The second-order valence-electron chi connectivity index (χ2n) is 4.97. The van der Waals surface area contributed by atoms with Crippen molar-refractivity contribution in [3.05, 3.63) is 4.88 Å². The van der Waals surface area contributed by atoms with Crippen molar-refractivity contribution < 1.29 is 4.79 Å². The van der Waals surface area contributed by atoms with E-state index in [2.05, 4.69) is 27.0 Å². The highest BCUT2D eigenvalue weighted by Gasteiger charge is 2.22. The topological polar surface area (TPSA) is 97.3 Å². The molecule has 0 bridgehead atoms. The van der Waals surface area contributed by atoms with Gasteiger partial charge in [0.1, 0.15) is 10.7 Å². The van der Waals surface area contributed by atoms with E-state index in [9.17, 15) is 4.79 Å². The van der Waals surface area contributed by atoms with Gasteiger partial charge in [-0.3, -0.25) is 4.79 Å². The Bertz CT molecular complexity index is 551. The standard InChI is InChI=1S/C14H21N5OS/c1-2-3-4-7-17-13(20)11-12(16)18-14(21-11)19-8-5-10(15)6-9-19/h10H,4-9,15-16H2,1H3,(H,17,20). The van der Waals surface area contributed by atoms with Crippen LogP contribution in [-0.4, -0.2) is 36.6 Å². The zero-order valence-corrected chi connectivity index (χ0v) is 13.0. The molecule has 6 nitrogen and oxygen atoms in total. The maximum atomic E-state index is 12.1. The minimum absolute atomic E-state index is 0.178. The van der Waals surface area contributed by atoms with Crippen LogP contribution in [0.5, 0.6) is 0 Å². The largest absolute Gasteiger partial charge is 0.382 e. The van der Waals surface area contributed by atoms with E-state index >= 15 is 0 Å². The number of aromatic nitrogens is 1. The summed E-state index contributed by atoms with van der Waals surface area (Å²) in [5.41, 5.74) is 11.8. The third kappa shape index (κ3) is 4.09. The van der Waals surface area contributed by atoms with Crippen LogP contribution in [0.3, 0.4) is 0 Å². The molecular formula is C14H21N5OS. The van der Waals surface area contributed by atoms with E-state index in [4.69, 9.17) is 11.5 Å². The molecule has 0 unspecified atom stereocenters. The summed E-state index contributed by atoms with van der Waals surface area (Å²) in [5, 5.41) is 3.61. The molecule has 0 radical (unpaired) electrons. The van der Waals surface area contributed by atoms with E-state index in [1.165, 1.54) is 11.3 Å². The third-order valence-corrected chi connectivity index (χ3v) is 4.50. The second kappa shape index (κ2) is 7.29. The van der Waals surface area contributed by atoms with Gasteiger partial charge in [-0.25, -0.2) is 4.98 Å². The average Bonchev–Trinajstić information content (AvgIpc) is 2.86. The van der Waals surface area contributed by atoms with Gasteiger partial charge in [0.15, 0.2) is 5.13 Å². The zero-order valence-electron chi connectivity index (χ0n) is 12.2. The quantitative estimate of drug-likeness (QED) is 0.564. The first kappa shape index (κ1) is 15.6. The number of anilines is 2. The van der Waals surface area contributed by atoms with E-state index in [1.807, 2.05) is 0 Å². The molecule has 1 fully saturated rings. The number of carbonyl (C=O) groups is 1. The van der Waals surface area contributed by atoms with Crippen LogP contribution in [-0.2, 0) is 0 Å². The Hall–Kier alpha value is -1.78. The monoisotopic (exact) mass is 307 g/mol. The Morgan fingerprint density at radius 3 is 2.90 bits per heavy atom. The molecule has 0 saturated carbocycles. The molecule has 21 heavy (non-hydrogen) atoms. The van der Waals surface area contributed by atoms with Gasteiger partial charge in [-0.2, -0.15) is 0 Å². The van der Waals surface area contributed by atoms with Crippen LogP contribution in [0.15, 0.2) is 0 Å². The number of nitrogens with one attached hydrogen (secondary N) is 1. The van der Waals surface area contributed by atoms with Crippen molar-refractivity contribution in [1.82, 2.24) is 10.3 Å². The molecule has 0 aliphatic carbocycles. The fraction of sp³-hybridized carbons (Fsp3) is 0.571. The highest BCUT2D eigenvalue weighted by atomic mass is 32.1. The smallest absolute Gasteiger partial charge is 0.265 e. The lowest BCUT2D eigenvalue weighted by atomic mass is 10.1. The van der Waals surface area contributed by atoms with Crippen LogP contribution in [0.1, 0.15) is 35.9 Å². The molecule has 1 amide bonds. The number of carbonyl (C=O) groups excluding carboxylic acids is 1. The second-order valence-corrected chi connectivity index (χ2v) is 5.95. The minimum atomic E-state index is -0.178. The van der Waals surface area contributed by atoms with Crippen LogP contribution in [0, 0.1) is 11.8 Å². The van der Waals surface area contributed by atoms with Crippen molar-refractivity contribution in [3.8, 4) is 11.8 Å². The van der Waals surface area contributed by atoms with E-state index < -0.39 is 0 Å². The summed E-state index contributed by atoms with van der Waals surface area (Å²) in [6.07, 6.45) is 2.52. The molecule has 2 rings (SSSR count). The number of piperidine rings is 1. The number of nitrogens with zero attached hydrogens (tertiary/aromatic N) is 2. The molecule has 2 heterocycles. The Balaban J connectivity index is 1.97. The lowest BCUT2D eigenvalue weighted by Gasteiger charge is -2.29. The van der Waals surface area contributed by atoms with Crippen molar-refractivity contribution in [3.63, 3.8) is 0 Å². The van der Waals surface area contributed by atoms with Gasteiger partial charge >= 0.3 is 0 Å². The molecule has 1 aromatic heterocycles. The van der Waals surface area contributed by atoms with Gasteiger partial charge in [0, 0.05) is 32.1 Å². The molecule has 1 saturated heterocycles. The summed E-state index contributed by atoms with van der Waals surface area (Å²) in [7, 11) is 0. The molecule has 114 valence electrons. The van der Waals surface area contributed by atoms with Crippen molar-refractivity contribution in [2.45, 2.75) is 32.2 Å². The fourth-order valence-electron chi connectivity index (χ4n) is 2.15. The lowest BCUT2D eigenvalue weighted by molar-refractivity contribution is 0.0959. The van der Waals surface area contributed by atoms with Gasteiger partial charge in [-0.1, -0.05) is 11.3 Å². The van der Waals surface area contributed by atoms with E-state index in [1.54, 1.807) is 6.92 Å². The fourth-order valence-corrected chi connectivity index (χ4v) is 3.11. The number of nitrogen functional groups attached to an aromatic ring is 1. The Labute approximate surface area is 128 Å². The van der Waals surface area contributed by atoms with Crippen LogP contribution in [0.2, 0.25) is 0 Å². The third-order valence-electron chi connectivity index (χ3n) is 3.37. The van der Waals surface area contributed by atoms with E-state index in [-0.39, 0.29) is 11.9 Å². The van der Waals surface area contributed by atoms with Crippen molar-refractivity contribution in [1.29, 1.82) is 0 Å². The molecule has 1 aliphatic rings. The average molecular weight is 307 g/mol. The minimum Gasteiger partial charge on any atom is -0.382 e. The van der Waals surface area contributed by atoms with Gasteiger partial charge in [0.2, 0.25) is 0 Å². The van der Waals surface area contributed by atoms with Gasteiger partial charge in [0.05, 0.1) is 0 Å². The molecule has 0 aromatic carbocycles. The van der Waals surface area contributed by atoms with Crippen LogP contribution in [0.4, 0.5) is 10.9 Å². The molecule has 5 N–H and O–H groups in total. The number of thiazole rings is 1. The maximum absolute atomic E-state index is 12.1. The van der Waals surface area contributed by atoms with Crippen LogP contribution >= 0.6 is 11.3 Å². The van der Waals surface area contributed by atoms with Crippen molar-refractivity contribution in [2.24, 2.45) is 5.73 Å². The predicted octanol–water partition coefficient (Wildman–Crippen LogP) is 0.796. The van der Waals surface area contributed by atoms with Gasteiger partial charge in [-0.15, -0.1) is 11.8 Å². The number of hydrogen-bond donors (Lipinski definition) is 3. The molecular weight excluding hydrogens is 286 g/mol. The number of rotatable bonds is 4. The zero-order chi connectivity index (χ0) is 15.2. The SMILES string of the molecule is CC#CCCNC(=O)c1sc(N2CCC(N)CC2)nc1N. The summed E-state index contributed by atoms with van der Waals surface area (Å²) in [6.45, 7) is 4.02. The van der Waals surface area contributed by atoms with Gasteiger partial charge in [0.25, 0.3) is 5.91 Å². The first-order valence-electron chi connectivity index (χ1n) is 7.06. The van der Waals surface area contributed by atoms with Crippen molar-refractivity contribution in [2.75, 3.05) is 30.3 Å². The first-order chi connectivity index (χ1) is 10.1. The van der Waals surface area contributed by atoms with E-state index in [0.29, 0.717) is 23.7 Å². The Morgan fingerprint density at radius 1 is 1.52 bits per heavy atom. The number of nitrogens with two attached hydrogens (primary N) is 2. The lowest BCUT2D eigenvalue weighted by Crippen LogP contribution is -2.39. The Kier molecular flexibility index (Phi) is 5.42. The molecule has 0 atom stereocenters. The van der Waals surface area contributed by atoms with Gasteiger partial charge < -0.3 is 21.7 Å². The van der Waals surface area contributed by atoms with Crippen LogP contribution in [0.25, 0.3) is 0 Å². The number of amides is 1. The predicted molar refractivity (Wildman–Crippen MR) is 86.3 cm³/mol. The summed E-state index contributed by atoms with van der Waals surface area (Å²) in [4.78, 5) is 19.0. The summed E-state index contributed by atoms with van der Waals surface area (Å²) >= 11 is 1.34. The highest BCUT2D eigenvalue weighted by molar-refractivity contribution is 7.18. The normalized spacial score (nSPS) is 15.4. The maximum Gasteiger partial charge on any atom is 0.265 e. The molecule has 1 aromatic rings. The molecule has 1 aliphatic heterocycles. The first-order valence-corrected chi connectivity index (χ1v) is 7.88. The van der Waals surface area contributed by atoms with Gasteiger partial charge in [-0.05, 0) is 19.8 Å². The molecule has 0 spiro atoms. The Morgan fingerprint density at radius 2 is 2.24 bits per heavy atom. The summed E-state index contributed by atoms with van der Waals surface area (Å²) < 4.78 is 0. The summed E-state index contributed by atoms with van der Waals surface area (Å²) in [5.74, 6) is 5.81.